The molecule has 0 fully saturated rings. The lowest BCUT2D eigenvalue weighted by atomic mass is 9.99. The summed E-state index contributed by atoms with van der Waals surface area (Å²) in [5.74, 6) is -2.83. The fourth-order valence-electron chi connectivity index (χ4n) is 3.81. The first-order chi connectivity index (χ1) is 16.4. The van der Waals surface area contributed by atoms with Crippen molar-refractivity contribution in [2.45, 2.75) is 37.4 Å². The van der Waals surface area contributed by atoms with Crippen molar-refractivity contribution in [2.24, 2.45) is 11.5 Å². The van der Waals surface area contributed by atoms with Gasteiger partial charge >= 0.3 is 5.97 Å². The molecule has 3 atom stereocenters. The molecule has 0 heterocycles. The van der Waals surface area contributed by atoms with Crippen molar-refractivity contribution in [1.29, 1.82) is 0 Å². The van der Waals surface area contributed by atoms with Crippen molar-refractivity contribution >= 4 is 17.8 Å². The normalized spacial score (nSPS) is 13.5. The van der Waals surface area contributed by atoms with Crippen LogP contribution in [0.3, 0.4) is 0 Å². The van der Waals surface area contributed by atoms with E-state index in [2.05, 4.69) is 0 Å². The minimum absolute atomic E-state index is 0.0518. The summed E-state index contributed by atoms with van der Waals surface area (Å²) in [5.41, 5.74) is 14.7. The van der Waals surface area contributed by atoms with Crippen LogP contribution >= 0.6 is 0 Å². The number of carbonyl (C=O) groups is 3. The number of nitrogens with two attached hydrogens (primary N) is 2. The third-order valence-corrected chi connectivity index (χ3v) is 5.57. The number of rotatable bonds is 10. The first kappa shape index (κ1) is 24.8. The van der Waals surface area contributed by atoms with E-state index >= 15 is 0 Å². The van der Waals surface area contributed by atoms with Crippen LogP contribution in [0.1, 0.15) is 16.7 Å². The van der Waals surface area contributed by atoms with Gasteiger partial charge in [-0.25, -0.2) is 4.79 Å². The number of hydrogen-bond acceptors (Lipinski definition) is 5. The van der Waals surface area contributed by atoms with Crippen molar-refractivity contribution in [2.75, 3.05) is 0 Å². The quantitative estimate of drug-likeness (QED) is 0.427. The molecule has 0 aliphatic heterocycles. The van der Waals surface area contributed by atoms with Gasteiger partial charge in [0.05, 0.1) is 12.1 Å². The Labute approximate surface area is 199 Å². The second kappa shape index (κ2) is 11.9. The number of nitrogens with zero attached hydrogens (tertiary/aromatic N) is 1. The number of carbonyl (C=O) groups excluding carboxylic acids is 2. The van der Waals surface area contributed by atoms with E-state index in [-0.39, 0.29) is 19.3 Å². The molecule has 0 saturated carbocycles. The summed E-state index contributed by atoms with van der Waals surface area (Å²) in [7, 11) is 0. The summed E-state index contributed by atoms with van der Waals surface area (Å²) in [6, 6.07) is 23.4. The molecule has 3 aromatic rings. The highest BCUT2D eigenvalue weighted by Gasteiger charge is 2.39. The molecular formula is C27H29N3O4. The summed E-state index contributed by atoms with van der Waals surface area (Å²) >= 11 is 0. The Bertz CT molecular complexity index is 1030. The minimum Gasteiger partial charge on any atom is -0.480 e. The third kappa shape index (κ3) is 6.60. The molecule has 0 aromatic heterocycles. The molecule has 0 radical (unpaired) electrons. The van der Waals surface area contributed by atoms with E-state index in [1.54, 1.807) is 30.3 Å². The van der Waals surface area contributed by atoms with Gasteiger partial charge in [-0.1, -0.05) is 91.0 Å². The standard InChI is InChI=1S/C27H29N3O4/c28-22(16-19-10-4-1-5-11-19)25(31)30(24(27(33)34)18-21-14-8-3-9-15-21)26(32)23(29)17-20-12-6-2-7-13-20/h1-15,22-24H,16-18,28-29H2,(H,33,34)/t22-,23-,24-/m0/s1. The van der Waals surface area contributed by atoms with Crippen LogP contribution in [0.25, 0.3) is 0 Å². The van der Waals surface area contributed by atoms with E-state index < -0.39 is 35.9 Å². The van der Waals surface area contributed by atoms with Crippen molar-refractivity contribution < 1.29 is 19.5 Å². The summed E-state index contributed by atoms with van der Waals surface area (Å²) in [6.07, 6.45) is 0.272. The van der Waals surface area contributed by atoms with Crippen LogP contribution in [0.5, 0.6) is 0 Å². The Kier molecular flexibility index (Phi) is 8.67. The Hall–Kier alpha value is -3.81. The Morgan fingerprint density at radius 3 is 1.26 bits per heavy atom. The number of carboxylic acids is 1. The number of aliphatic carboxylic acids is 1. The zero-order valence-electron chi connectivity index (χ0n) is 18.8. The van der Waals surface area contributed by atoms with Gasteiger partial charge in [0.25, 0.3) is 0 Å². The minimum atomic E-state index is -1.44. The zero-order chi connectivity index (χ0) is 24.5. The fraction of sp³-hybridized carbons (Fsp3) is 0.222. The van der Waals surface area contributed by atoms with Crippen molar-refractivity contribution in [3.8, 4) is 0 Å². The molecule has 5 N–H and O–H groups in total. The molecule has 3 rings (SSSR count). The maximum atomic E-state index is 13.4. The van der Waals surface area contributed by atoms with Crippen LogP contribution in [-0.2, 0) is 33.6 Å². The SMILES string of the molecule is N[C@@H](Cc1ccccc1)C(=O)N(C(=O)[C@@H](N)Cc1ccccc1)[C@@H](Cc1ccccc1)C(=O)O. The van der Waals surface area contributed by atoms with Crippen LogP contribution in [-0.4, -0.2) is 45.9 Å². The van der Waals surface area contributed by atoms with Crippen LogP contribution in [0.15, 0.2) is 91.0 Å². The van der Waals surface area contributed by atoms with Gasteiger partial charge in [0.15, 0.2) is 0 Å². The maximum absolute atomic E-state index is 13.4. The molecule has 7 nitrogen and oxygen atoms in total. The second-order valence-corrected chi connectivity index (χ2v) is 8.18. The molecule has 0 spiro atoms. The number of benzene rings is 3. The maximum Gasteiger partial charge on any atom is 0.327 e. The Balaban J connectivity index is 1.90. The van der Waals surface area contributed by atoms with E-state index in [1.165, 1.54) is 0 Å². The van der Waals surface area contributed by atoms with E-state index in [4.69, 9.17) is 11.5 Å². The third-order valence-electron chi connectivity index (χ3n) is 5.57. The number of carboxylic acid groups (broad SMARTS) is 1. The van der Waals surface area contributed by atoms with Gasteiger partial charge in [-0.05, 0) is 29.5 Å². The molecule has 0 bridgehead atoms. The van der Waals surface area contributed by atoms with Crippen LogP contribution in [0.4, 0.5) is 0 Å². The lowest BCUT2D eigenvalue weighted by Crippen LogP contribution is -2.59. The average molecular weight is 460 g/mol. The summed E-state index contributed by atoms with van der Waals surface area (Å²) in [4.78, 5) is 39.9. The largest absolute Gasteiger partial charge is 0.480 e. The molecule has 34 heavy (non-hydrogen) atoms. The van der Waals surface area contributed by atoms with Crippen LogP contribution in [0.2, 0.25) is 0 Å². The van der Waals surface area contributed by atoms with Gasteiger partial charge in [0.1, 0.15) is 6.04 Å². The van der Waals surface area contributed by atoms with Crippen LogP contribution in [0, 0.1) is 0 Å². The summed E-state index contributed by atoms with van der Waals surface area (Å²) in [5, 5.41) is 10.0. The zero-order valence-corrected chi connectivity index (χ0v) is 18.8. The lowest BCUT2D eigenvalue weighted by molar-refractivity contribution is -0.159. The molecule has 0 unspecified atom stereocenters. The molecule has 0 aliphatic rings. The van der Waals surface area contributed by atoms with Gasteiger partial charge in [-0.15, -0.1) is 0 Å². The van der Waals surface area contributed by atoms with Crippen molar-refractivity contribution in [3.05, 3.63) is 108 Å². The molecule has 7 heteroatoms. The molecule has 0 aliphatic carbocycles. The van der Waals surface area contributed by atoms with Gasteiger partial charge in [-0.2, -0.15) is 0 Å². The second-order valence-electron chi connectivity index (χ2n) is 8.18. The highest BCUT2D eigenvalue weighted by molar-refractivity contribution is 6.03. The summed E-state index contributed by atoms with van der Waals surface area (Å²) < 4.78 is 0. The van der Waals surface area contributed by atoms with Gasteiger partial charge in [0, 0.05) is 6.42 Å². The molecule has 176 valence electrons. The molecule has 3 aromatic carbocycles. The van der Waals surface area contributed by atoms with Crippen LogP contribution < -0.4 is 11.5 Å². The molecule has 0 saturated heterocycles. The highest BCUT2D eigenvalue weighted by atomic mass is 16.4. The monoisotopic (exact) mass is 459 g/mol. The van der Waals surface area contributed by atoms with Gasteiger partial charge < -0.3 is 16.6 Å². The average Bonchev–Trinajstić information content (AvgIpc) is 2.85. The molecular weight excluding hydrogens is 430 g/mol. The Morgan fingerprint density at radius 1 is 0.618 bits per heavy atom. The predicted octanol–water partition coefficient (Wildman–Crippen LogP) is 2.18. The smallest absolute Gasteiger partial charge is 0.327 e. The Morgan fingerprint density at radius 2 is 0.941 bits per heavy atom. The number of hydrogen-bond donors (Lipinski definition) is 3. The van der Waals surface area contributed by atoms with E-state index in [0.717, 1.165) is 16.0 Å². The van der Waals surface area contributed by atoms with Gasteiger partial charge in [-0.3, -0.25) is 14.5 Å². The van der Waals surface area contributed by atoms with E-state index in [0.29, 0.717) is 5.56 Å². The predicted molar refractivity (Wildman–Crippen MR) is 130 cm³/mol. The fourth-order valence-corrected chi connectivity index (χ4v) is 3.81. The summed E-state index contributed by atoms with van der Waals surface area (Å²) in [6.45, 7) is 0. The number of imide groups is 1. The molecule has 2 amide bonds. The first-order valence-electron chi connectivity index (χ1n) is 11.1. The van der Waals surface area contributed by atoms with E-state index in [9.17, 15) is 19.5 Å². The first-order valence-corrected chi connectivity index (χ1v) is 11.1. The number of amides is 2. The van der Waals surface area contributed by atoms with Gasteiger partial charge in [0.2, 0.25) is 11.8 Å². The highest BCUT2D eigenvalue weighted by Crippen LogP contribution is 2.16. The topological polar surface area (TPSA) is 127 Å². The van der Waals surface area contributed by atoms with Crippen molar-refractivity contribution in [1.82, 2.24) is 4.90 Å². The van der Waals surface area contributed by atoms with E-state index in [1.807, 2.05) is 60.7 Å². The van der Waals surface area contributed by atoms with Crippen molar-refractivity contribution in [3.63, 3.8) is 0 Å². The lowest BCUT2D eigenvalue weighted by Gasteiger charge is -2.31.